The molecule has 0 spiro atoms. The van der Waals surface area contributed by atoms with Crippen molar-refractivity contribution in [2.75, 3.05) is 12.8 Å². The molecule has 0 radical (unpaired) electrons. The van der Waals surface area contributed by atoms with Crippen molar-refractivity contribution in [3.8, 4) is 17.4 Å². The van der Waals surface area contributed by atoms with Gasteiger partial charge < -0.3 is 20.7 Å². The van der Waals surface area contributed by atoms with Crippen LogP contribution in [0.4, 0.5) is 11.5 Å². The third kappa shape index (κ3) is 2.91. The highest BCUT2D eigenvalue weighted by molar-refractivity contribution is 7.80. The third-order valence-corrected chi connectivity index (χ3v) is 2.63. The second kappa shape index (κ2) is 5.66. The Morgan fingerprint density at radius 3 is 2.75 bits per heavy atom. The van der Waals surface area contributed by atoms with Gasteiger partial charge in [0.25, 0.3) is 0 Å². The Morgan fingerprint density at radius 2 is 2.10 bits per heavy atom. The van der Waals surface area contributed by atoms with Gasteiger partial charge in [0.15, 0.2) is 28.2 Å². The van der Waals surface area contributed by atoms with Crippen LogP contribution >= 0.6 is 12.6 Å². The predicted octanol–water partition coefficient (Wildman–Crippen LogP) is 1.52. The molecule has 104 valence electrons. The summed E-state index contributed by atoms with van der Waals surface area (Å²) in [7, 11) is 1.44. The molecule has 20 heavy (non-hydrogen) atoms. The van der Waals surface area contributed by atoms with Crippen molar-refractivity contribution in [1.29, 1.82) is 0 Å². The van der Waals surface area contributed by atoms with Gasteiger partial charge in [0.2, 0.25) is 5.88 Å². The molecule has 0 aliphatic carbocycles. The van der Waals surface area contributed by atoms with E-state index in [0.717, 1.165) is 0 Å². The minimum absolute atomic E-state index is 0.0180. The molecular weight excluding hydrogens is 280 g/mol. The van der Waals surface area contributed by atoms with E-state index >= 15 is 0 Å². The molecular formula is C12H12N4O3S. The van der Waals surface area contributed by atoms with Gasteiger partial charge in [0.05, 0.1) is 7.11 Å². The number of phenolic OH excluding ortho intramolecular Hbond substituents is 1. The van der Waals surface area contributed by atoms with Crippen molar-refractivity contribution >= 4 is 30.3 Å². The van der Waals surface area contributed by atoms with E-state index in [-0.39, 0.29) is 28.3 Å². The highest BCUT2D eigenvalue weighted by atomic mass is 32.1. The summed E-state index contributed by atoms with van der Waals surface area (Å²) in [6.45, 7) is 0. The first-order valence-electron chi connectivity index (χ1n) is 5.47. The average Bonchev–Trinajstić information content (AvgIpc) is 2.39. The van der Waals surface area contributed by atoms with Gasteiger partial charge in [-0.05, 0) is 23.8 Å². The number of nitrogens with two attached hydrogens (primary N) is 1. The zero-order chi connectivity index (χ0) is 14.7. The molecule has 8 heteroatoms. The lowest BCUT2D eigenvalue weighted by Crippen LogP contribution is -1.95. The summed E-state index contributed by atoms with van der Waals surface area (Å²) in [6, 6.07) is 4.68. The van der Waals surface area contributed by atoms with Crippen molar-refractivity contribution in [2.24, 2.45) is 4.99 Å². The van der Waals surface area contributed by atoms with E-state index in [1.807, 2.05) is 0 Å². The molecule has 0 fully saturated rings. The predicted molar refractivity (Wildman–Crippen MR) is 77.3 cm³/mol. The topological polar surface area (TPSA) is 114 Å². The lowest BCUT2D eigenvalue weighted by molar-refractivity contribution is 0.373. The van der Waals surface area contributed by atoms with Crippen molar-refractivity contribution < 1.29 is 14.9 Å². The van der Waals surface area contributed by atoms with E-state index in [0.29, 0.717) is 11.3 Å². The highest BCUT2D eigenvalue weighted by Gasteiger charge is 2.09. The number of benzene rings is 1. The number of hydrogen-bond acceptors (Lipinski definition) is 8. The molecule has 1 aromatic carbocycles. The maximum atomic E-state index is 9.64. The maximum Gasteiger partial charge on any atom is 0.243 e. The Bertz CT molecular complexity index is 653. The lowest BCUT2D eigenvalue weighted by Gasteiger charge is -2.04. The Morgan fingerprint density at radius 1 is 1.35 bits per heavy atom. The molecule has 7 nitrogen and oxygen atoms in total. The van der Waals surface area contributed by atoms with Crippen LogP contribution in [0.1, 0.15) is 5.56 Å². The van der Waals surface area contributed by atoms with Crippen LogP contribution in [-0.2, 0) is 0 Å². The minimum Gasteiger partial charge on any atom is -0.504 e. The number of nitrogen functional groups attached to an aromatic ring is 1. The molecule has 0 aliphatic rings. The SMILES string of the molecule is COc1cc(/C=N/c2c(N)nc(S)nc2O)ccc1O. The second-order valence-electron chi connectivity index (χ2n) is 3.77. The number of aromatic hydroxyl groups is 2. The van der Waals surface area contributed by atoms with Crippen LogP contribution in [0.15, 0.2) is 28.3 Å². The van der Waals surface area contributed by atoms with E-state index in [2.05, 4.69) is 27.6 Å². The van der Waals surface area contributed by atoms with E-state index in [1.165, 1.54) is 19.4 Å². The maximum absolute atomic E-state index is 9.64. The van der Waals surface area contributed by atoms with Gasteiger partial charge in [-0.15, -0.1) is 12.6 Å². The van der Waals surface area contributed by atoms with Gasteiger partial charge in [-0.3, -0.25) is 0 Å². The van der Waals surface area contributed by atoms with Crippen molar-refractivity contribution in [2.45, 2.75) is 5.16 Å². The van der Waals surface area contributed by atoms with Crippen LogP contribution in [0.5, 0.6) is 17.4 Å². The molecule has 0 saturated heterocycles. The monoisotopic (exact) mass is 292 g/mol. The van der Waals surface area contributed by atoms with Gasteiger partial charge in [-0.2, -0.15) is 4.98 Å². The number of thiol groups is 1. The summed E-state index contributed by atoms with van der Waals surface area (Å²) < 4.78 is 4.98. The van der Waals surface area contributed by atoms with Gasteiger partial charge in [-0.25, -0.2) is 9.98 Å². The Kier molecular flexibility index (Phi) is 3.94. The van der Waals surface area contributed by atoms with E-state index in [1.54, 1.807) is 12.1 Å². The largest absolute Gasteiger partial charge is 0.504 e. The fraction of sp³-hybridized carbons (Fsp3) is 0.0833. The number of hydrogen-bond donors (Lipinski definition) is 4. The van der Waals surface area contributed by atoms with Crippen LogP contribution in [0.2, 0.25) is 0 Å². The average molecular weight is 292 g/mol. The number of phenols is 1. The molecule has 4 N–H and O–H groups in total. The number of aliphatic imine (C=N–C) groups is 1. The van der Waals surface area contributed by atoms with Gasteiger partial charge >= 0.3 is 0 Å². The van der Waals surface area contributed by atoms with Crippen LogP contribution in [0, 0.1) is 0 Å². The van der Waals surface area contributed by atoms with Gasteiger partial charge in [0.1, 0.15) is 0 Å². The molecule has 0 unspecified atom stereocenters. The molecule has 1 aromatic heterocycles. The zero-order valence-electron chi connectivity index (χ0n) is 10.5. The molecule has 1 heterocycles. The Balaban J connectivity index is 2.35. The normalized spacial score (nSPS) is 10.9. The number of rotatable bonds is 3. The van der Waals surface area contributed by atoms with Crippen molar-refractivity contribution in [1.82, 2.24) is 9.97 Å². The number of nitrogens with zero attached hydrogens (tertiary/aromatic N) is 3. The number of aromatic nitrogens is 2. The van der Waals surface area contributed by atoms with Crippen molar-refractivity contribution in [3.63, 3.8) is 0 Å². The molecule has 0 aliphatic heterocycles. The zero-order valence-corrected chi connectivity index (χ0v) is 11.4. The van der Waals surface area contributed by atoms with Crippen LogP contribution in [-0.4, -0.2) is 33.5 Å². The highest BCUT2D eigenvalue weighted by Crippen LogP contribution is 2.30. The first-order valence-corrected chi connectivity index (χ1v) is 5.92. The number of anilines is 1. The van der Waals surface area contributed by atoms with Crippen molar-refractivity contribution in [3.05, 3.63) is 23.8 Å². The molecule has 0 saturated carbocycles. The van der Waals surface area contributed by atoms with E-state index in [4.69, 9.17) is 10.5 Å². The van der Waals surface area contributed by atoms with E-state index < -0.39 is 0 Å². The molecule has 0 bridgehead atoms. The summed E-state index contributed by atoms with van der Waals surface area (Å²) >= 11 is 3.89. The number of ether oxygens (including phenoxy) is 1. The summed E-state index contributed by atoms with van der Waals surface area (Å²) in [5, 5.41) is 19.2. The quantitative estimate of drug-likeness (QED) is 0.387. The fourth-order valence-electron chi connectivity index (χ4n) is 1.49. The summed E-state index contributed by atoms with van der Waals surface area (Å²) in [5.74, 6) is -0.00291. The summed E-state index contributed by atoms with van der Waals surface area (Å²) in [5.41, 5.74) is 6.33. The molecule has 2 rings (SSSR count). The third-order valence-electron chi connectivity index (χ3n) is 2.43. The van der Waals surface area contributed by atoms with Crippen LogP contribution in [0.25, 0.3) is 0 Å². The standard InChI is InChI=1S/C12H12N4O3S/c1-19-8-4-6(2-3-7(8)17)5-14-9-10(13)15-12(20)16-11(9)18/h2-5,17H,1H3,(H4,13,15,16,18,20)/b14-5+. The van der Waals surface area contributed by atoms with Gasteiger partial charge in [-0.1, -0.05) is 0 Å². The fourth-order valence-corrected chi connectivity index (χ4v) is 1.69. The van der Waals surface area contributed by atoms with E-state index in [9.17, 15) is 10.2 Å². The lowest BCUT2D eigenvalue weighted by atomic mass is 10.2. The molecule has 2 aromatic rings. The molecule has 0 amide bonds. The molecule has 0 atom stereocenters. The Hall–Kier alpha value is -2.48. The first-order chi connectivity index (χ1) is 9.51. The minimum atomic E-state index is -0.357. The summed E-state index contributed by atoms with van der Waals surface area (Å²) in [6.07, 6.45) is 1.44. The second-order valence-corrected chi connectivity index (χ2v) is 4.17. The smallest absolute Gasteiger partial charge is 0.243 e. The summed E-state index contributed by atoms with van der Waals surface area (Å²) in [4.78, 5) is 11.5. The van der Waals surface area contributed by atoms with Gasteiger partial charge in [0, 0.05) is 6.21 Å². The Labute approximate surface area is 120 Å². The van der Waals surface area contributed by atoms with Crippen LogP contribution in [0.3, 0.4) is 0 Å². The van der Waals surface area contributed by atoms with Crippen LogP contribution < -0.4 is 10.5 Å². The number of methoxy groups -OCH3 is 1. The first kappa shape index (κ1) is 13.9.